The Hall–Kier alpha value is -2.73. The molecule has 116 valence electrons. The summed E-state index contributed by atoms with van der Waals surface area (Å²) < 4.78 is 10.2. The third kappa shape index (κ3) is 3.92. The summed E-state index contributed by atoms with van der Waals surface area (Å²) >= 11 is 1.57. The van der Waals surface area contributed by atoms with Gasteiger partial charge in [0.1, 0.15) is 0 Å². The van der Waals surface area contributed by atoms with Gasteiger partial charge in [-0.3, -0.25) is 0 Å². The molecule has 0 radical (unpaired) electrons. The Kier molecular flexibility index (Phi) is 4.63. The zero-order valence-corrected chi connectivity index (χ0v) is 13.2. The molecule has 0 saturated carbocycles. The topological polar surface area (TPSA) is 65.2 Å². The van der Waals surface area contributed by atoms with Crippen LogP contribution in [0, 0.1) is 6.92 Å². The van der Waals surface area contributed by atoms with Crippen molar-refractivity contribution in [1.82, 2.24) is 10.1 Å². The number of benzene rings is 1. The van der Waals surface area contributed by atoms with E-state index in [-0.39, 0.29) is 12.5 Å². The van der Waals surface area contributed by atoms with Crippen molar-refractivity contribution in [3.05, 3.63) is 64.2 Å². The molecular weight excluding hydrogens is 312 g/mol. The number of hydrogen-bond donors (Lipinski definition) is 0. The van der Waals surface area contributed by atoms with Gasteiger partial charge in [0.25, 0.3) is 5.89 Å². The highest BCUT2D eigenvalue weighted by atomic mass is 32.1. The summed E-state index contributed by atoms with van der Waals surface area (Å²) in [6.07, 6.45) is 3.08. The van der Waals surface area contributed by atoms with Gasteiger partial charge in [0.05, 0.1) is 0 Å². The molecule has 0 spiro atoms. The van der Waals surface area contributed by atoms with Crippen molar-refractivity contribution in [2.75, 3.05) is 0 Å². The Balaban J connectivity index is 1.59. The second kappa shape index (κ2) is 7.02. The van der Waals surface area contributed by atoms with E-state index in [9.17, 15) is 4.79 Å². The number of aryl methyl sites for hydroxylation is 1. The smallest absolute Gasteiger partial charge is 0.331 e. The van der Waals surface area contributed by atoms with E-state index in [4.69, 9.17) is 9.26 Å². The summed E-state index contributed by atoms with van der Waals surface area (Å²) in [5.74, 6) is 0.301. The van der Waals surface area contributed by atoms with E-state index in [0.717, 1.165) is 16.7 Å². The number of carbonyl (C=O) groups is 1. The van der Waals surface area contributed by atoms with Crippen LogP contribution < -0.4 is 0 Å². The van der Waals surface area contributed by atoms with Gasteiger partial charge in [-0.1, -0.05) is 29.4 Å². The molecule has 6 heteroatoms. The number of esters is 1. The van der Waals surface area contributed by atoms with Gasteiger partial charge in [0.2, 0.25) is 5.82 Å². The quantitative estimate of drug-likeness (QED) is 0.526. The average Bonchev–Trinajstić information content (AvgIpc) is 3.23. The molecule has 3 rings (SSSR count). The van der Waals surface area contributed by atoms with Gasteiger partial charge < -0.3 is 9.26 Å². The maximum Gasteiger partial charge on any atom is 0.331 e. The van der Waals surface area contributed by atoms with E-state index in [1.165, 1.54) is 6.08 Å². The zero-order chi connectivity index (χ0) is 16.1. The summed E-state index contributed by atoms with van der Waals surface area (Å²) in [7, 11) is 0. The Morgan fingerprint density at radius 1 is 1.35 bits per heavy atom. The van der Waals surface area contributed by atoms with E-state index >= 15 is 0 Å². The van der Waals surface area contributed by atoms with Crippen LogP contribution in [0.1, 0.15) is 17.0 Å². The van der Waals surface area contributed by atoms with E-state index < -0.39 is 5.97 Å². The van der Waals surface area contributed by atoms with Crippen LogP contribution in [0.2, 0.25) is 0 Å². The van der Waals surface area contributed by atoms with E-state index in [2.05, 4.69) is 10.1 Å². The van der Waals surface area contributed by atoms with Crippen molar-refractivity contribution in [1.29, 1.82) is 0 Å². The largest absolute Gasteiger partial charge is 0.452 e. The van der Waals surface area contributed by atoms with Gasteiger partial charge in [0, 0.05) is 11.6 Å². The van der Waals surface area contributed by atoms with E-state index in [1.807, 2.05) is 48.0 Å². The predicted molar refractivity (Wildman–Crippen MR) is 87.6 cm³/mol. The maximum absolute atomic E-state index is 11.6. The predicted octanol–water partition coefficient (Wildman–Crippen LogP) is 3.86. The minimum Gasteiger partial charge on any atom is -0.452 e. The number of ether oxygens (including phenoxy) is 1. The Morgan fingerprint density at radius 3 is 3.00 bits per heavy atom. The number of rotatable bonds is 5. The lowest BCUT2D eigenvalue weighted by atomic mass is 10.1. The van der Waals surface area contributed by atoms with Crippen molar-refractivity contribution in [3.63, 3.8) is 0 Å². The molecule has 1 aromatic carbocycles. The van der Waals surface area contributed by atoms with Gasteiger partial charge in [-0.25, -0.2) is 4.79 Å². The van der Waals surface area contributed by atoms with Crippen molar-refractivity contribution < 1.29 is 14.1 Å². The average molecular weight is 326 g/mol. The number of aromatic nitrogens is 2. The highest BCUT2D eigenvalue weighted by Crippen LogP contribution is 2.19. The molecule has 0 aliphatic rings. The van der Waals surface area contributed by atoms with Gasteiger partial charge >= 0.3 is 5.97 Å². The molecule has 0 N–H and O–H groups in total. The van der Waals surface area contributed by atoms with Gasteiger partial charge in [-0.15, -0.1) is 0 Å². The third-order valence-electron chi connectivity index (χ3n) is 3.15. The van der Waals surface area contributed by atoms with Crippen LogP contribution >= 0.6 is 11.3 Å². The van der Waals surface area contributed by atoms with Crippen LogP contribution in [0.5, 0.6) is 0 Å². The third-order valence-corrected chi connectivity index (χ3v) is 3.85. The Bertz CT molecular complexity index is 822. The molecule has 0 bridgehead atoms. The molecule has 5 nitrogen and oxygen atoms in total. The minimum atomic E-state index is -0.452. The molecular formula is C17H14N2O3S. The van der Waals surface area contributed by atoms with Crippen LogP contribution in [-0.2, 0) is 16.1 Å². The molecule has 0 aliphatic heterocycles. The number of carbonyl (C=O) groups excluding carboxylic acids is 1. The normalized spacial score (nSPS) is 11.0. The van der Waals surface area contributed by atoms with Crippen molar-refractivity contribution >= 4 is 23.4 Å². The lowest BCUT2D eigenvalue weighted by Crippen LogP contribution is -2.00. The zero-order valence-electron chi connectivity index (χ0n) is 12.4. The second-order valence-electron chi connectivity index (χ2n) is 4.82. The summed E-state index contributed by atoms with van der Waals surface area (Å²) in [6, 6.07) is 9.66. The summed E-state index contributed by atoms with van der Waals surface area (Å²) in [6.45, 7) is 1.92. The first kappa shape index (κ1) is 15.2. The molecule has 0 atom stereocenters. The first-order valence-electron chi connectivity index (χ1n) is 6.98. The van der Waals surface area contributed by atoms with Crippen LogP contribution in [0.4, 0.5) is 0 Å². The molecule has 0 amide bonds. The summed E-state index contributed by atoms with van der Waals surface area (Å²) in [5, 5.41) is 7.80. The standard InChI is InChI=1S/C17H14N2O3S/c1-12-4-2-3-5-14(12)17-18-15(22-19-17)10-21-16(20)7-6-13-8-9-23-11-13/h2-9,11H,10H2,1H3/b7-6+. The van der Waals surface area contributed by atoms with E-state index in [0.29, 0.717) is 5.82 Å². The van der Waals surface area contributed by atoms with Crippen LogP contribution in [0.3, 0.4) is 0 Å². The fourth-order valence-electron chi connectivity index (χ4n) is 1.96. The highest BCUT2D eigenvalue weighted by molar-refractivity contribution is 7.08. The van der Waals surface area contributed by atoms with Crippen LogP contribution in [-0.4, -0.2) is 16.1 Å². The molecule has 23 heavy (non-hydrogen) atoms. The first-order valence-corrected chi connectivity index (χ1v) is 7.92. The van der Waals surface area contributed by atoms with E-state index in [1.54, 1.807) is 17.4 Å². The Labute approximate surface area is 137 Å². The van der Waals surface area contributed by atoms with Crippen molar-refractivity contribution in [3.8, 4) is 11.4 Å². The number of nitrogens with zero attached hydrogens (tertiary/aromatic N) is 2. The van der Waals surface area contributed by atoms with Gasteiger partial charge in [-0.05, 0) is 41.0 Å². The minimum absolute atomic E-state index is 0.0499. The maximum atomic E-state index is 11.6. The molecule has 0 fully saturated rings. The Morgan fingerprint density at radius 2 is 2.22 bits per heavy atom. The summed E-state index contributed by atoms with van der Waals surface area (Å²) in [5.41, 5.74) is 2.91. The van der Waals surface area contributed by atoms with Gasteiger partial charge in [-0.2, -0.15) is 16.3 Å². The highest BCUT2D eigenvalue weighted by Gasteiger charge is 2.11. The van der Waals surface area contributed by atoms with Crippen LogP contribution in [0.15, 0.2) is 51.7 Å². The lowest BCUT2D eigenvalue weighted by molar-refractivity contribution is -0.139. The molecule has 0 unspecified atom stereocenters. The first-order chi connectivity index (χ1) is 11.2. The van der Waals surface area contributed by atoms with Gasteiger partial charge in [0.15, 0.2) is 6.61 Å². The lowest BCUT2D eigenvalue weighted by Gasteiger charge is -1.98. The molecule has 2 heterocycles. The number of hydrogen-bond acceptors (Lipinski definition) is 6. The summed E-state index contributed by atoms with van der Waals surface area (Å²) in [4.78, 5) is 15.9. The fraction of sp³-hybridized carbons (Fsp3) is 0.118. The molecule has 0 aliphatic carbocycles. The van der Waals surface area contributed by atoms with Crippen LogP contribution in [0.25, 0.3) is 17.5 Å². The number of thiophene rings is 1. The molecule has 2 aromatic heterocycles. The van der Waals surface area contributed by atoms with Crippen molar-refractivity contribution in [2.24, 2.45) is 0 Å². The molecule has 3 aromatic rings. The second-order valence-corrected chi connectivity index (χ2v) is 5.60. The monoisotopic (exact) mass is 326 g/mol. The SMILES string of the molecule is Cc1ccccc1-c1noc(COC(=O)/C=C/c2ccsc2)n1. The van der Waals surface area contributed by atoms with Crippen molar-refractivity contribution in [2.45, 2.75) is 13.5 Å². The molecule has 0 saturated heterocycles. The fourth-order valence-corrected chi connectivity index (χ4v) is 2.59.